The Morgan fingerprint density at radius 1 is 1.36 bits per heavy atom. The minimum Gasteiger partial charge on any atom is -0.381 e. The fraction of sp³-hybridized carbons (Fsp3) is 1.00. The largest absolute Gasteiger partial charge is 0.381 e. The van der Waals surface area contributed by atoms with E-state index in [-0.39, 0.29) is 0 Å². The van der Waals surface area contributed by atoms with Crippen LogP contribution in [0.3, 0.4) is 0 Å². The molecule has 1 saturated heterocycles. The molecule has 3 heteroatoms. The van der Waals surface area contributed by atoms with Gasteiger partial charge in [0.1, 0.15) is 0 Å². The van der Waals surface area contributed by atoms with Crippen molar-refractivity contribution in [3.8, 4) is 0 Å². The van der Waals surface area contributed by atoms with E-state index >= 15 is 0 Å². The third kappa shape index (κ3) is 4.40. The summed E-state index contributed by atoms with van der Waals surface area (Å²) in [4.78, 5) is 0. The van der Waals surface area contributed by atoms with Gasteiger partial charge in [-0.25, -0.2) is 0 Å². The first kappa shape index (κ1) is 12.0. The van der Waals surface area contributed by atoms with Gasteiger partial charge in [-0.05, 0) is 31.6 Å². The Labute approximate surface area is 86.9 Å². The van der Waals surface area contributed by atoms with Gasteiger partial charge in [0.2, 0.25) is 0 Å². The van der Waals surface area contributed by atoms with Crippen molar-refractivity contribution in [1.29, 1.82) is 0 Å². The third-order valence-electron chi connectivity index (χ3n) is 2.82. The zero-order valence-electron chi connectivity index (χ0n) is 9.21. The SMILES string of the molecule is CCCOCCC(N)C1CCOCC1. The second kappa shape index (κ2) is 7.21. The summed E-state index contributed by atoms with van der Waals surface area (Å²) in [5.74, 6) is 0.647. The van der Waals surface area contributed by atoms with Crippen LogP contribution in [0, 0.1) is 5.92 Å². The first-order valence-electron chi connectivity index (χ1n) is 5.75. The van der Waals surface area contributed by atoms with Crippen LogP contribution in [0.25, 0.3) is 0 Å². The lowest BCUT2D eigenvalue weighted by molar-refractivity contribution is 0.0509. The van der Waals surface area contributed by atoms with Gasteiger partial charge in [-0.15, -0.1) is 0 Å². The van der Waals surface area contributed by atoms with Gasteiger partial charge in [0.25, 0.3) is 0 Å². The normalized spacial score (nSPS) is 21.0. The molecular formula is C11H23NO2. The fourth-order valence-electron chi connectivity index (χ4n) is 1.85. The summed E-state index contributed by atoms with van der Waals surface area (Å²) in [6, 6.07) is 0.302. The molecule has 0 spiro atoms. The van der Waals surface area contributed by atoms with Crippen molar-refractivity contribution in [2.75, 3.05) is 26.4 Å². The zero-order valence-corrected chi connectivity index (χ0v) is 9.21. The number of rotatable bonds is 6. The van der Waals surface area contributed by atoms with E-state index in [1.807, 2.05) is 0 Å². The van der Waals surface area contributed by atoms with Crippen molar-refractivity contribution >= 4 is 0 Å². The number of hydrogen-bond acceptors (Lipinski definition) is 3. The smallest absolute Gasteiger partial charge is 0.0480 e. The standard InChI is InChI=1S/C11H23NO2/c1-2-6-13-9-5-11(12)10-3-7-14-8-4-10/h10-11H,2-9,12H2,1H3. The lowest BCUT2D eigenvalue weighted by Crippen LogP contribution is -2.35. The van der Waals surface area contributed by atoms with Gasteiger partial charge in [-0.3, -0.25) is 0 Å². The zero-order chi connectivity index (χ0) is 10.2. The molecule has 0 saturated carbocycles. The van der Waals surface area contributed by atoms with E-state index in [9.17, 15) is 0 Å². The Hall–Kier alpha value is -0.120. The Bertz CT molecular complexity index is 135. The molecule has 84 valence electrons. The Morgan fingerprint density at radius 3 is 2.71 bits per heavy atom. The highest BCUT2D eigenvalue weighted by Gasteiger charge is 2.20. The van der Waals surface area contributed by atoms with Gasteiger partial charge in [-0.1, -0.05) is 6.92 Å². The minimum absolute atomic E-state index is 0.302. The topological polar surface area (TPSA) is 44.5 Å². The summed E-state index contributed by atoms with van der Waals surface area (Å²) in [5, 5.41) is 0. The van der Waals surface area contributed by atoms with Gasteiger partial charge in [0, 0.05) is 32.5 Å². The van der Waals surface area contributed by atoms with Crippen molar-refractivity contribution in [3.63, 3.8) is 0 Å². The Morgan fingerprint density at radius 2 is 2.07 bits per heavy atom. The number of ether oxygens (including phenoxy) is 2. The maximum absolute atomic E-state index is 6.10. The molecule has 0 aromatic heterocycles. The van der Waals surface area contributed by atoms with E-state index in [4.69, 9.17) is 15.2 Å². The van der Waals surface area contributed by atoms with Crippen molar-refractivity contribution in [2.45, 2.75) is 38.6 Å². The minimum atomic E-state index is 0.302. The van der Waals surface area contributed by atoms with Crippen molar-refractivity contribution in [1.82, 2.24) is 0 Å². The molecule has 0 amide bonds. The molecule has 1 unspecified atom stereocenters. The molecular weight excluding hydrogens is 178 g/mol. The van der Waals surface area contributed by atoms with Crippen LogP contribution in [0.15, 0.2) is 0 Å². The van der Waals surface area contributed by atoms with Gasteiger partial charge in [0.05, 0.1) is 0 Å². The lowest BCUT2D eigenvalue weighted by Gasteiger charge is -2.27. The van der Waals surface area contributed by atoms with E-state index in [0.29, 0.717) is 12.0 Å². The van der Waals surface area contributed by atoms with E-state index in [1.165, 1.54) is 0 Å². The van der Waals surface area contributed by atoms with Gasteiger partial charge in [0.15, 0.2) is 0 Å². The molecule has 3 nitrogen and oxygen atoms in total. The van der Waals surface area contributed by atoms with Gasteiger partial charge in [-0.2, -0.15) is 0 Å². The monoisotopic (exact) mass is 201 g/mol. The highest BCUT2D eigenvalue weighted by atomic mass is 16.5. The molecule has 1 atom stereocenters. The molecule has 0 aromatic carbocycles. The molecule has 2 N–H and O–H groups in total. The highest BCUT2D eigenvalue weighted by molar-refractivity contribution is 4.75. The second-order valence-electron chi connectivity index (χ2n) is 4.01. The lowest BCUT2D eigenvalue weighted by atomic mass is 9.91. The molecule has 1 aliphatic rings. The number of nitrogens with two attached hydrogens (primary N) is 1. The van der Waals surface area contributed by atoms with E-state index in [0.717, 1.165) is 52.1 Å². The molecule has 1 rings (SSSR count). The summed E-state index contributed by atoms with van der Waals surface area (Å²) >= 11 is 0. The van der Waals surface area contributed by atoms with Crippen molar-refractivity contribution < 1.29 is 9.47 Å². The summed E-state index contributed by atoms with van der Waals surface area (Å²) in [7, 11) is 0. The van der Waals surface area contributed by atoms with Crippen LogP contribution >= 0.6 is 0 Å². The molecule has 0 aliphatic carbocycles. The summed E-state index contributed by atoms with van der Waals surface area (Å²) in [6.45, 7) is 5.56. The summed E-state index contributed by atoms with van der Waals surface area (Å²) < 4.78 is 10.7. The average molecular weight is 201 g/mol. The summed E-state index contributed by atoms with van der Waals surface area (Å²) in [5.41, 5.74) is 6.10. The molecule has 14 heavy (non-hydrogen) atoms. The number of hydrogen-bond donors (Lipinski definition) is 1. The van der Waals surface area contributed by atoms with Crippen LogP contribution in [-0.2, 0) is 9.47 Å². The van der Waals surface area contributed by atoms with E-state index in [1.54, 1.807) is 0 Å². The highest BCUT2D eigenvalue weighted by Crippen LogP contribution is 2.19. The molecule has 0 radical (unpaired) electrons. The Kier molecular flexibility index (Phi) is 6.15. The van der Waals surface area contributed by atoms with Crippen LogP contribution in [0.1, 0.15) is 32.6 Å². The second-order valence-corrected chi connectivity index (χ2v) is 4.01. The molecule has 1 heterocycles. The van der Waals surface area contributed by atoms with Crippen LogP contribution in [0.2, 0.25) is 0 Å². The van der Waals surface area contributed by atoms with Crippen LogP contribution < -0.4 is 5.73 Å². The van der Waals surface area contributed by atoms with Crippen molar-refractivity contribution in [2.24, 2.45) is 11.7 Å². The first-order chi connectivity index (χ1) is 6.84. The first-order valence-corrected chi connectivity index (χ1v) is 5.75. The van der Waals surface area contributed by atoms with Gasteiger partial charge >= 0.3 is 0 Å². The maximum Gasteiger partial charge on any atom is 0.0480 e. The molecule has 0 bridgehead atoms. The van der Waals surface area contributed by atoms with Crippen LogP contribution in [-0.4, -0.2) is 32.5 Å². The predicted molar refractivity (Wildman–Crippen MR) is 57.2 cm³/mol. The fourth-order valence-corrected chi connectivity index (χ4v) is 1.85. The molecule has 1 fully saturated rings. The Balaban J connectivity index is 2.04. The van der Waals surface area contributed by atoms with Crippen LogP contribution in [0.4, 0.5) is 0 Å². The third-order valence-corrected chi connectivity index (χ3v) is 2.82. The van der Waals surface area contributed by atoms with Crippen molar-refractivity contribution in [3.05, 3.63) is 0 Å². The van der Waals surface area contributed by atoms with E-state index in [2.05, 4.69) is 6.92 Å². The summed E-state index contributed by atoms with van der Waals surface area (Å²) in [6.07, 6.45) is 4.32. The van der Waals surface area contributed by atoms with E-state index < -0.39 is 0 Å². The molecule has 0 aromatic rings. The maximum atomic E-state index is 6.10. The predicted octanol–water partition coefficient (Wildman–Crippen LogP) is 1.56. The molecule has 1 aliphatic heterocycles. The van der Waals surface area contributed by atoms with Crippen LogP contribution in [0.5, 0.6) is 0 Å². The average Bonchev–Trinajstić information content (AvgIpc) is 2.25. The van der Waals surface area contributed by atoms with Gasteiger partial charge < -0.3 is 15.2 Å². The quantitative estimate of drug-likeness (QED) is 0.663.